The summed E-state index contributed by atoms with van der Waals surface area (Å²) in [7, 11) is 0. The van der Waals surface area contributed by atoms with Gasteiger partial charge in [-0.25, -0.2) is 0 Å². The van der Waals surface area contributed by atoms with E-state index in [1.807, 2.05) is 19.1 Å². The highest BCUT2D eigenvalue weighted by Crippen LogP contribution is 2.20. The van der Waals surface area contributed by atoms with Crippen LogP contribution in [0.25, 0.3) is 0 Å². The smallest absolute Gasteiger partial charge is 0.252 e. The van der Waals surface area contributed by atoms with Gasteiger partial charge in [0.2, 0.25) is 0 Å². The predicted molar refractivity (Wildman–Crippen MR) is 82.4 cm³/mol. The molecule has 2 unspecified atom stereocenters. The number of benzene rings is 1. The largest absolute Gasteiger partial charge is 0.350 e. The summed E-state index contributed by atoms with van der Waals surface area (Å²) in [5.74, 6) is 0.577. The van der Waals surface area contributed by atoms with E-state index in [0.717, 1.165) is 22.2 Å². The van der Waals surface area contributed by atoms with Crippen LogP contribution in [0.5, 0.6) is 0 Å². The molecule has 0 radical (unpaired) electrons. The monoisotopic (exact) mass is 329 g/mol. The van der Waals surface area contributed by atoms with Gasteiger partial charge in [-0.05, 0) is 53.4 Å². The Kier molecular flexibility index (Phi) is 6.22. The van der Waals surface area contributed by atoms with Gasteiger partial charge >= 0.3 is 0 Å². The van der Waals surface area contributed by atoms with E-state index in [2.05, 4.69) is 47.7 Å². The van der Waals surface area contributed by atoms with Crippen molar-refractivity contribution in [3.63, 3.8) is 0 Å². The van der Waals surface area contributed by atoms with Gasteiger partial charge in [0.05, 0.1) is 5.56 Å². The highest BCUT2D eigenvalue weighted by atomic mass is 79.9. The van der Waals surface area contributed by atoms with E-state index in [-0.39, 0.29) is 11.9 Å². The number of rotatable bonds is 5. The predicted octanol–water partition coefficient (Wildman–Crippen LogP) is 4.29. The Morgan fingerprint density at radius 3 is 2.72 bits per heavy atom. The minimum Gasteiger partial charge on any atom is -0.350 e. The zero-order chi connectivity index (χ0) is 13.7. The maximum atomic E-state index is 12.1. The molecule has 0 heterocycles. The van der Waals surface area contributed by atoms with Gasteiger partial charge in [0.25, 0.3) is 5.91 Å². The van der Waals surface area contributed by atoms with Crippen LogP contribution >= 0.6 is 28.6 Å². The lowest BCUT2D eigenvalue weighted by atomic mass is 10.0. The lowest BCUT2D eigenvalue weighted by molar-refractivity contribution is 0.0934. The lowest BCUT2D eigenvalue weighted by Gasteiger charge is -2.18. The van der Waals surface area contributed by atoms with Crippen LogP contribution < -0.4 is 5.32 Å². The Morgan fingerprint density at radius 1 is 1.44 bits per heavy atom. The van der Waals surface area contributed by atoms with Crippen LogP contribution in [0.3, 0.4) is 0 Å². The van der Waals surface area contributed by atoms with Crippen molar-refractivity contribution in [1.82, 2.24) is 5.32 Å². The second-order valence-corrected chi connectivity index (χ2v) is 6.16. The fourth-order valence-corrected chi connectivity index (χ4v) is 2.45. The first-order valence-corrected chi connectivity index (χ1v) is 7.47. The normalized spacial score (nSPS) is 14.1. The van der Waals surface area contributed by atoms with Crippen molar-refractivity contribution in [3.8, 4) is 0 Å². The highest BCUT2D eigenvalue weighted by molar-refractivity contribution is 9.10. The number of amides is 1. The third kappa shape index (κ3) is 4.65. The maximum Gasteiger partial charge on any atom is 0.252 e. The molecule has 1 rings (SSSR count). The molecule has 1 aromatic carbocycles. The molecule has 0 saturated carbocycles. The van der Waals surface area contributed by atoms with E-state index in [4.69, 9.17) is 0 Å². The fraction of sp³-hybridized carbons (Fsp3) is 0.500. The topological polar surface area (TPSA) is 29.1 Å². The summed E-state index contributed by atoms with van der Waals surface area (Å²) in [4.78, 5) is 12.9. The maximum absolute atomic E-state index is 12.1. The standard InChI is InChI=1S/C14H20BrNOS/c1-4-9(2)7-10(3)16-14(17)12-8-11(18)5-6-13(12)15/h5-6,8-10,18H,4,7H2,1-3H3,(H,16,17). The number of nitrogens with one attached hydrogen (secondary N) is 1. The molecule has 1 aromatic rings. The van der Waals surface area contributed by atoms with Crippen molar-refractivity contribution < 1.29 is 4.79 Å². The van der Waals surface area contributed by atoms with Crippen molar-refractivity contribution in [2.75, 3.05) is 0 Å². The van der Waals surface area contributed by atoms with Gasteiger partial charge in [-0.2, -0.15) is 0 Å². The molecule has 18 heavy (non-hydrogen) atoms. The Bertz CT molecular complexity index is 422. The number of carbonyl (C=O) groups excluding carboxylic acids is 1. The van der Waals surface area contributed by atoms with E-state index >= 15 is 0 Å². The number of halogens is 1. The summed E-state index contributed by atoms with van der Waals surface area (Å²) in [6, 6.07) is 5.66. The number of hydrogen-bond acceptors (Lipinski definition) is 2. The summed E-state index contributed by atoms with van der Waals surface area (Å²) in [5, 5.41) is 3.03. The van der Waals surface area contributed by atoms with E-state index in [1.165, 1.54) is 0 Å². The van der Waals surface area contributed by atoms with E-state index in [9.17, 15) is 4.79 Å². The molecular formula is C14H20BrNOS. The van der Waals surface area contributed by atoms with Crippen molar-refractivity contribution >= 4 is 34.5 Å². The third-order valence-corrected chi connectivity index (χ3v) is 3.99. The molecule has 0 spiro atoms. The van der Waals surface area contributed by atoms with Gasteiger partial charge in [0, 0.05) is 15.4 Å². The van der Waals surface area contributed by atoms with Crippen LogP contribution in [0, 0.1) is 5.92 Å². The summed E-state index contributed by atoms with van der Waals surface area (Å²) in [6.07, 6.45) is 2.14. The van der Waals surface area contributed by atoms with Gasteiger partial charge in [0.15, 0.2) is 0 Å². The average Bonchev–Trinajstić information content (AvgIpc) is 2.31. The Hall–Kier alpha value is -0.480. The van der Waals surface area contributed by atoms with Crippen LogP contribution in [0.4, 0.5) is 0 Å². The molecular weight excluding hydrogens is 310 g/mol. The van der Waals surface area contributed by atoms with E-state index in [0.29, 0.717) is 11.5 Å². The lowest BCUT2D eigenvalue weighted by Crippen LogP contribution is -2.33. The first-order chi connectivity index (χ1) is 8.43. The van der Waals surface area contributed by atoms with Gasteiger partial charge in [-0.1, -0.05) is 20.3 Å². The molecule has 0 aliphatic carbocycles. The summed E-state index contributed by atoms with van der Waals surface area (Å²) in [5.41, 5.74) is 0.638. The first-order valence-electron chi connectivity index (χ1n) is 6.23. The molecule has 2 nitrogen and oxygen atoms in total. The molecule has 0 fully saturated rings. The Morgan fingerprint density at radius 2 is 2.11 bits per heavy atom. The Labute approximate surface area is 123 Å². The van der Waals surface area contributed by atoms with Crippen molar-refractivity contribution in [3.05, 3.63) is 28.2 Å². The van der Waals surface area contributed by atoms with Crippen LogP contribution in [-0.2, 0) is 0 Å². The number of carbonyl (C=O) groups is 1. The van der Waals surface area contributed by atoms with Crippen LogP contribution in [0.2, 0.25) is 0 Å². The number of hydrogen-bond donors (Lipinski definition) is 2. The molecule has 1 amide bonds. The zero-order valence-electron chi connectivity index (χ0n) is 11.0. The van der Waals surface area contributed by atoms with Crippen LogP contribution in [-0.4, -0.2) is 11.9 Å². The first kappa shape index (κ1) is 15.6. The third-order valence-electron chi connectivity index (χ3n) is 3.02. The minimum atomic E-state index is -0.0476. The highest BCUT2D eigenvalue weighted by Gasteiger charge is 2.14. The second kappa shape index (κ2) is 7.19. The Balaban J connectivity index is 2.67. The zero-order valence-corrected chi connectivity index (χ0v) is 13.5. The SMILES string of the molecule is CCC(C)CC(C)NC(=O)c1cc(S)ccc1Br. The molecule has 100 valence electrons. The molecule has 0 saturated heterocycles. The fourth-order valence-electron chi connectivity index (χ4n) is 1.82. The van der Waals surface area contributed by atoms with Crippen molar-refractivity contribution in [2.24, 2.45) is 5.92 Å². The molecule has 2 atom stereocenters. The summed E-state index contributed by atoms with van der Waals surface area (Å²) < 4.78 is 0.800. The summed E-state index contributed by atoms with van der Waals surface area (Å²) in [6.45, 7) is 6.41. The van der Waals surface area contributed by atoms with Gasteiger partial charge in [0.1, 0.15) is 0 Å². The molecule has 0 aromatic heterocycles. The number of thiol groups is 1. The van der Waals surface area contributed by atoms with Gasteiger partial charge in [-0.15, -0.1) is 12.6 Å². The van der Waals surface area contributed by atoms with E-state index < -0.39 is 0 Å². The minimum absolute atomic E-state index is 0.0476. The average molecular weight is 330 g/mol. The quantitative estimate of drug-likeness (QED) is 0.775. The second-order valence-electron chi connectivity index (χ2n) is 4.79. The molecule has 4 heteroatoms. The van der Waals surface area contributed by atoms with Crippen molar-refractivity contribution in [1.29, 1.82) is 0 Å². The molecule has 1 N–H and O–H groups in total. The van der Waals surface area contributed by atoms with Crippen LogP contribution in [0.1, 0.15) is 44.0 Å². The van der Waals surface area contributed by atoms with Gasteiger partial charge < -0.3 is 5.32 Å². The molecule has 0 aliphatic heterocycles. The summed E-state index contributed by atoms with van der Waals surface area (Å²) >= 11 is 7.65. The van der Waals surface area contributed by atoms with Crippen LogP contribution in [0.15, 0.2) is 27.6 Å². The van der Waals surface area contributed by atoms with E-state index in [1.54, 1.807) is 6.07 Å². The molecule has 0 bridgehead atoms. The molecule has 0 aliphatic rings. The van der Waals surface area contributed by atoms with Crippen molar-refractivity contribution in [2.45, 2.75) is 44.6 Å². The van der Waals surface area contributed by atoms with Gasteiger partial charge in [-0.3, -0.25) is 4.79 Å².